The van der Waals surface area contributed by atoms with Gasteiger partial charge in [-0.2, -0.15) is 0 Å². The number of para-hydroxylation sites is 1. The Balaban J connectivity index is 1.48. The molecule has 0 aliphatic carbocycles. The second-order valence-corrected chi connectivity index (χ2v) is 6.46. The molecule has 0 N–H and O–H groups in total. The fraction of sp³-hybridized carbons (Fsp3) is 0.500. The molecule has 3 heterocycles. The van der Waals surface area contributed by atoms with Gasteiger partial charge in [-0.15, -0.1) is 10.2 Å². The Morgan fingerprint density at radius 2 is 2.08 bits per heavy atom. The van der Waals surface area contributed by atoms with Gasteiger partial charge in [0.15, 0.2) is 5.82 Å². The third-order valence-electron chi connectivity index (χ3n) is 5.06. The predicted molar refractivity (Wildman–Crippen MR) is 93.2 cm³/mol. The summed E-state index contributed by atoms with van der Waals surface area (Å²) in [6.45, 7) is 5.70. The molecular weight excluding hydrogens is 318 g/mol. The second-order valence-electron chi connectivity index (χ2n) is 6.46. The summed E-state index contributed by atoms with van der Waals surface area (Å²) >= 11 is 0. The summed E-state index contributed by atoms with van der Waals surface area (Å²) in [5, 5.41) is 8.22. The van der Waals surface area contributed by atoms with Crippen molar-refractivity contribution in [2.45, 2.75) is 32.0 Å². The van der Waals surface area contributed by atoms with Crippen molar-refractivity contribution < 1.29 is 9.53 Å². The Hall–Kier alpha value is -2.25. The molecule has 7 nitrogen and oxygen atoms in total. The number of carbonyl (C=O) groups is 1. The SMILES string of the molecule is CCn1cnnc1[C@H]1CN([C@H]2CCN(c3ccccc3)C2=O)CCO1. The molecule has 2 fully saturated rings. The first-order chi connectivity index (χ1) is 12.3. The molecule has 25 heavy (non-hydrogen) atoms. The van der Waals surface area contributed by atoms with Crippen LogP contribution in [0.2, 0.25) is 0 Å². The smallest absolute Gasteiger partial charge is 0.244 e. The number of amides is 1. The van der Waals surface area contributed by atoms with Crippen molar-refractivity contribution in [2.75, 3.05) is 31.1 Å². The number of hydrogen-bond donors (Lipinski definition) is 0. The minimum Gasteiger partial charge on any atom is -0.368 e. The monoisotopic (exact) mass is 341 g/mol. The molecule has 1 amide bonds. The van der Waals surface area contributed by atoms with Crippen molar-refractivity contribution in [3.8, 4) is 0 Å². The number of anilines is 1. The van der Waals surface area contributed by atoms with Crippen LogP contribution in [-0.2, 0) is 16.1 Å². The second kappa shape index (κ2) is 6.93. The molecule has 0 spiro atoms. The van der Waals surface area contributed by atoms with Crippen LogP contribution in [0.1, 0.15) is 25.3 Å². The van der Waals surface area contributed by atoms with Crippen LogP contribution in [-0.4, -0.2) is 57.9 Å². The summed E-state index contributed by atoms with van der Waals surface area (Å²) in [6, 6.07) is 9.82. The quantitative estimate of drug-likeness (QED) is 0.843. The molecular formula is C18H23N5O2. The highest BCUT2D eigenvalue weighted by Crippen LogP contribution is 2.28. The molecule has 1 aromatic heterocycles. The Bertz CT molecular complexity index is 732. The Kier molecular flexibility index (Phi) is 4.50. The molecule has 2 aliphatic heterocycles. The van der Waals surface area contributed by atoms with Gasteiger partial charge in [0.25, 0.3) is 0 Å². The van der Waals surface area contributed by atoms with E-state index in [-0.39, 0.29) is 18.1 Å². The van der Waals surface area contributed by atoms with Crippen LogP contribution in [0.15, 0.2) is 36.7 Å². The number of aryl methyl sites for hydroxylation is 1. The normalized spacial score (nSPS) is 24.8. The maximum atomic E-state index is 12.9. The van der Waals surface area contributed by atoms with E-state index in [0.29, 0.717) is 13.2 Å². The number of carbonyl (C=O) groups excluding carboxylic acids is 1. The van der Waals surface area contributed by atoms with Crippen molar-refractivity contribution in [3.63, 3.8) is 0 Å². The lowest BCUT2D eigenvalue weighted by atomic mass is 10.1. The minimum atomic E-state index is -0.130. The zero-order valence-electron chi connectivity index (χ0n) is 14.4. The van der Waals surface area contributed by atoms with Crippen LogP contribution in [0.3, 0.4) is 0 Å². The van der Waals surface area contributed by atoms with Gasteiger partial charge in [0.05, 0.1) is 12.6 Å². The molecule has 4 rings (SSSR count). The van der Waals surface area contributed by atoms with Gasteiger partial charge in [0.2, 0.25) is 5.91 Å². The van der Waals surface area contributed by atoms with E-state index >= 15 is 0 Å². The molecule has 0 radical (unpaired) electrons. The zero-order valence-corrected chi connectivity index (χ0v) is 14.4. The van der Waals surface area contributed by atoms with Gasteiger partial charge in [-0.05, 0) is 25.5 Å². The Labute approximate surface area is 147 Å². The number of morpholine rings is 1. The van der Waals surface area contributed by atoms with Gasteiger partial charge >= 0.3 is 0 Å². The third-order valence-corrected chi connectivity index (χ3v) is 5.06. The zero-order chi connectivity index (χ0) is 17.2. The van der Waals surface area contributed by atoms with Crippen molar-refractivity contribution in [1.82, 2.24) is 19.7 Å². The van der Waals surface area contributed by atoms with Crippen LogP contribution < -0.4 is 4.90 Å². The standard InChI is InChI=1S/C18H23N5O2/c1-2-21-13-19-20-17(21)16-12-22(10-11-25-16)15-8-9-23(18(15)24)14-6-4-3-5-7-14/h3-7,13,15-16H,2,8-12H2,1H3/t15-,16+/m0/s1. The fourth-order valence-electron chi connectivity index (χ4n) is 3.73. The average molecular weight is 341 g/mol. The van der Waals surface area contributed by atoms with E-state index in [1.165, 1.54) is 0 Å². The summed E-state index contributed by atoms with van der Waals surface area (Å²) in [5.74, 6) is 1.03. The van der Waals surface area contributed by atoms with E-state index in [9.17, 15) is 4.79 Å². The Morgan fingerprint density at radius 1 is 1.24 bits per heavy atom. The van der Waals surface area contributed by atoms with E-state index in [1.807, 2.05) is 39.8 Å². The first-order valence-electron chi connectivity index (χ1n) is 8.87. The number of ether oxygens (including phenoxy) is 1. The highest BCUT2D eigenvalue weighted by atomic mass is 16.5. The summed E-state index contributed by atoms with van der Waals surface area (Å²) in [6.07, 6.45) is 2.45. The molecule has 0 unspecified atom stereocenters. The van der Waals surface area contributed by atoms with Crippen LogP contribution in [0.4, 0.5) is 5.69 Å². The number of nitrogens with zero attached hydrogens (tertiary/aromatic N) is 5. The maximum Gasteiger partial charge on any atom is 0.244 e. The highest BCUT2D eigenvalue weighted by Gasteiger charge is 2.39. The summed E-state index contributed by atoms with van der Waals surface area (Å²) in [5.41, 5.74) is 0.977. The number of rotatable bonds is 4. The number of hydrogen-bond acceptors (Lipinski definition) is 5. The van der Waals surface area contributed by atoms with Gasteiger partial charge < -0.3 is 14.2 Å². The number of benzene rings is 1. The van der Waals surface area contributed by atoms with E-state index in [1.54, 1.807) is 6.33 Å². The van der Waals surface area contributed by atoms with Crippen LogP contribution >= 0.6 is 0 Å². The van der Waals surface area contributed by atoms with Crippen molar-refractivity contribution in [1.29, 1.82) is 0 Å². The van der Waals surface area contributed by atoms with Crippen LogP contribution in [0.25, 0.3) is 0 Å². The van der Waals surface area contributed by atoms with Gasteiger partial charge in [-0.1, -0.05) is 18.2 Å². The lowest BCUT2D eigenvalue weighted by molar-refractivity contribution is -0.125. The molecule has 2 aromatic rings. The number of aromatic nitrogens is 3. The molecule has 1 aromatic carbocycles. The Morgan fingerprint density at radius 3 is 2.88 bits per heavy atom. The van der Waals surface area contributed by atoms with E-state index in [2.05, 4.69) is 22.0 Å². The molecule has 2 saturated heterocycles. The molecule has 2 atom stereocenters. The van der Waals surface area contributed by atoms with E-state index in [4.69, 9.17) is 4.74 Å². The molecule has 0 saturated carbocycles. The van der Waals surface area contributed by atoms with Crippen molar-refractivity contribution in [2.24, 2.45) is 0 Å². The largest absolute Gasteiger partial charge is 0.368 e. The molecule has 0 bridgehead atoms. The van der Waals surface area contributed by atoms with E-state index < -0.39 is 0 Å². The van der Waals surface area contributed by atoms with Gasteiger partial charge in [-0.3, -0.25) is 9.69 Å². The summed E-state index contributed by atoms with van der Waals surface area (Å²) in [4.78, 5) is 17.1. The van der Waals surface area contributed by atoms with E-state index in [0.717, 1.165) is 37.6 Å². The van der Waals surface area contributed by atoms with Gasteiger partial charge in [0.1, 0.15) is 12.4 Å². The average Bonchev–Trinajstić information content (AvgIpc) is 3.29. The first kappa shape index (κ1) is 16.2. The first-order valence-corrected chi connectivity index (χ1v) is 8.87. The van der Waals surface area contributed by atoms with Gasteiger partial charge in [-0.25, -0.2) is 0 Å². The topological polar surface area (TPSA) is 63.5 Å². The van der Waals surface area contributed by atoms with Gasteiger partial charge in [0, 0.05) is 31.9 Å². The molecule has 2 aliphatic rings. The van der Waals surface area contributed by atoms with Crippen LogP contribution in [0, 0.1) is 0 Å². The fourth-order valence-corrected chi connectivity index (χ4v) is 3.73. The van der Waals surface area contributed by atoms with Crippen molar-refractivity contribution in [3.05, 3.63) is 42.5 Å². The highest BCUT2D eigenvalue weighted by molar-refractivity contribution is 5.99. The van der Waals surface area contributed by atoms with Crippen molar-refractivity contribution >= 4 is 11.6 Å². The lowest BCUT2D eigenvalue weighted by Crippen LogP contribution is -2.48. The predicted octanol–water partition coefficient (Wildman–Crippen LogP) is 1.48. The minimum absolute atomic E-state index is 0.0791. The lowest BCUT2D eigenvalue weighted by Gasteiger charge is -2.35. The molecule has 132 valence electrons. The third kappa shape index (κ3) is 3.05. The summed E-state index contributed by atoms with van der Waals surface area (Å²) < 4.78 is 7.91. The molecule has 7 heteroatoms. The van der Waals surface area contributed by atoms with Crippen LogP contribution in [0.5, 0.6) is 0 Å². The maximum absolute atomic E-state index is 12.9. The summed E-state index contributed by atoms with van der Waals surface area (Å²) in [7, 11) is 0.